The van der Waals surface area contributed by atoms with Crippen LogP contribution in [0.3, 0.4) is 0 Å². The smallest absolute Gasteiger partial charge is 0.340 e. The molecule has 24 heavy (non-hydrogen) atoms. The van der Waals surface area contributed by atoms with Gasteiger partial charge in [0.25, 0.3) is 0 Å². The van der Waals surface area contributed by atoms with Gasteiger partial charge in [-0.15, -0.1) is 0 Å². The highest BCUT2D eigenvalue weighted by Gasteiger charge is 2.15. The van der Waals surface area contributed by atoms with Gasteiger partial charge in [-0.3, -0.25) is 4.79 Å². The second kappa shape index (κ2) is 7.79. The Morgan fingerprint density at radius 3 is 2.54 bits per heavy atom. The predicted octanol–water partition coefficient (Wildman–Crippen LogP) is 3.46. The zero-order valence-electron chi connectivity index (χ0n) is 13.1. The van der Waals surface area contributed by atoms with Crippen LogP contribution in [0.15, 0.2) is 36.4 Å². The van der Waals surface area contributed by atoms with Crippen molar-refractivity contribution in [1.29, 1.82) is 0 Å². The van der Waals surface area contributed by atoms with E-state index in [1.54, 1.807) is 6.07 Å². The summed E-state index contributed by atoms with van der Waals surface area (Å²) >= 11 is 5.86. The van der Waals surface area contributed by atoms with E-state index in [0.717, 1.165) is 0 Å². The van der Waals surface area contributed by atoms with Crippen molar-refractivity contribution in [3.8, 4) is 5.75 Å². The van der Waals surface area contributed by atoms with Gasteiger partial charge in [0.15, 0.2) is 11.6 Å². The maximum atomic E-state index is 13.7. The molecule has 0 heterocycles. The van der Waals surface area contributed by atoms with Gasteiger partial charge >= 0.3 is 5.97 Å². The number of carbonyl (C=O) groups excluding carboxylic acids is 2. The number of amides is 1. The molecule has 0 unspecified atom stereocenters. The number of rotatable bonds is 5. The topological polar surface area (TPSA) is 64.6 Å². The van der Waals surface area contributed by atoms with Crippen LogP contribution in [0, 0.1) is 5.82 Å². The number of benzene rings is 2. The maximum absolute atomic E-state index is 13.7. The Hall–Kier alpha value is -2.60. The molecule has 1 N–H and O–H groups in total. The molecule has 2 rings (SSSR count). The van der Waals surface area contributed by atoms with E-state index in [4.69, 9.17) is 16.3 Å². The minimum atomic E-state index is -0.622. The molecule has 0 aliphatic heterocycles. The number of nitrogens with one attached hydrogen (secondary N) is 1. The summed E-state index contributed by atoms with van der Waals surface area (Å²) in [5, 5.41) is 2.94. The predicted molar refractivity (Wildman–Crippen MR) is 88.1 cm³/mol. The number of methoxy groups -OCH3 is 2. The van der Waals surface area contributed by atoms with E-state index >= 15 is 0 Å². The summed E-state index contributed by atoms with van der Waals surface area (Å²) in [5.41, 5.74) is 0.879. The Morgan fingerprint density at radius 2 is 1.92 bits per heavy atom. The third-order valence-corrected chi connectivity index (χ3v) is 3.48. The summed E-state index contributed by atoms with van der Waals surface area (Å²) in [4.78, 5) is 23.9. The number of hydrogen-bond donors (Lipinski definition) is 1. The fraction of sp³-hybridized carbons (Fsp3) is 0.176. The lowest BCUT2D eigenvalue weighted by atomic mass is 10.1. The van der Waals surface area contributed by atoms with Gasteiger partial charge in [-0.2, -0.15) is 0 Å². The van der Waals surface area contributed by atoms with Crippen molar-refractivity contribution in [3.05, 3.63) is 58.4 Å². The summed E-state index contributed by atoms with van der Waals surface area (Å²) in [6.45, 7) is 0. The fourth-order valence-electron chi connectivity index (χ4n) is 2.10. The first kappa shape index (κ1) is 17.7. The second-order valence-electron chi connectivity index (χ2n) is 4.88. The average molecular weight is 352 g/mol. The second-order valence-corrected chi connectivity index (χ2v) is 5.31. The summed E-state index contributed by atoms with van der Waals surface area (Å²) < 4.78 is 23.1. The highest BCUT2D eigenvalue weighted by atomic mass is 35.5. The zero-order valence-corrected chi connectivity index (χ0v) is 13.8. The van der Waals surface area contributed by atoms with Gasteiger partial charge in [-0.25, -0.2) is 9.18 Å². The monoisotopic (exact) mass is 351 g/mol. The number of anilines is 1. The first-order chi connectivity index (χ1) is 11.4. The van der Waals surface area contributed by atoms with Crippen LogP contribution in [0.1, 0.15) is 15.9 Å². The van der Waals surface area contributed by atoms with Crippen molar-refractivity contribution in [2.24, 2.45) is 0 Å². The number of ether oxygens (including phenoxy) is 2. The number of halogens is 2. The van der Waals surface area contributed by atoms with Crippen molar-refractivity contribution in [3.63, 3.8) is 0 Å². The zero-order chi connectivity index (χ0) is 17.7. The summed E-state index contributed by atoms with van der Waals surface area (Å²) in [6.07, 6.45) is -0.0653. The van der Waals surface area contributed by atoms with Crippen molar-refractivity contribution in [2.45, 2.75) is 6.42 Å². The largest absolute Gasteiger partial charge is 0.494 e. The van der Waals surface area contributed by atoms with Crippen LogP contribution in [0.5, 0.6) is 5.75 Å². The van der Waals surface area contributed by atoms with Crippen LogP contribution in [0.2, 0.25) is 5.02 Å². The van der Waals surface area contributed by atoms with Crippen molar-refractivity contribution >= 4 is 29.2 Å². The van der Waals surface area contributed by atoms with Crippen molar-refractivity contribution in [2.75, 3.05) is 19.5 Å². The van der Waals surface area contributed by atoms with E-state index in [9.17, 15) is 14.0 Å². The molecular formula is C17H15ClFNO4. The molecule has 0 bridgehead atoms. The maximum Gasteiger partial charge on any atom is 0.340 e. The Bertz CT molecular complexity index is 779. The molecule has 0 radical (unpaired) electrons. The molecule has 7 heteroatoms. The van der Waals surface area contributed by atoms with Gasteiger partial charge in [0, 0.05) is 5.02 Å². The molecule has 2 aromatic carbocycles. The minimum Gasteiger partial charge on any atom is -0.494 e. The molecule has 0 saturated carbocycles. The third kappa shape index (κ3) is 4.23. The van der Waals surface area contributed by atoms with Gasteiger partial charge < -0.3 is 14.8 Å². The standard InChI is InChI=1S/C17H15ClFNO4/c1-23-15-6-3-10(7-13(15)19)8-16(21)20-14-5-4-11(18)9-12(14)17(22)24-2/h3-7,9H,8H2,1-2H3,(H,20,21). The fourth-order valence-corrected chi connectivity index (χ4v) is 2.28. The van der Waals surface area contributed by atoms with Crippen LogP contribution < -0.4 is 10.1 Å². The molecule has 1 amide bonds. The molecule has 0 fully saturated rings. The summed E-state index contributed by atoms with van der Waals surface area (Å²) in [5.74, 6) is -1.48. The Balaban J connectivity index is 2.15. The SMILES string of the molecule is COC(=O)c1cc(Cl)ccc1NC(=O)Cc1ccc(OC)c(F)c1. The average Bonchev–Trinajstić information content (AvgIpc) is 2.56. The van der Waals surface area contributed by atoms with Crippen molar-refractivity contribution < 1.29 is 23.5 Å². The molecule has 0 aromatic heterocycles. The van der Waals surface area contributed by atoms with E-state index in [0.29, 0.717) is 10.6 Å². The van der Waals surface area contributed by atoms with Crippen LogP contribution in [0.25, 0.3) is 0 Å². The molecule has 2 aromatic rings. The van der Waals surface area contributed by atoms with E-state index in [-0.39, 0.29) is 23.4 Å². The van der Waals surface area contributed by atoms with Gasteiger partial charge in [0.1, 0.15) is 0 Å². The van der Waals surface area contributed by atoms with E-state index in [1.807, 2.05) is 0 Å². The van der Waals surface area contributed by atoms with Gasteiger partial charge in [-0.1, -0.05) is 17.7 Å². The molecule has 0 saturated heterocycles. The van der Waals surface area contributed by atoms with Crippen LogP contribution in [-0.2, 0) is 16.0 Å². The first-order valence-corrected chi connectivity index (χ1v) is 7.32. The molecule has 0 spiro atoms. The summed E-state index contributed by atoms with van der Waals surface area (Å²) in [7, 11) is 2.59. The highest BCUT2D eigenvalue weighted by molar-refractivity contribution is 6.31. The number of esters is 1. The molecule has 5 nitrogen and oxygen atoms in total. The van der Waals surface area contributed by atoms with Crippen LogP contribution in [-0.4, -0.2) is 26.1 Å². The van der Waals surface area contributed by atoms with E-state index in [2.05, 4.69) is 10.1 Å². The van der Waals surface area contributed by atoms with Crippen LogP contribution >= 0.6 is 11.6 Å². The van der Waals surface area contributed by atoms with Crippen molar-refractivity contribution in [1.82, 2.24) is 0 Å². The molecule has 0 aliphatic carbocycles. The number of hydrogen-bond acceptors (Lipinski definition) is 4. The molecule has 0 atom stereocenters. The summed E-state index contributed by atoms with van der Waals surface area (Å²) in [6, 6.07) is 8.69. The van der Waals surface area contributed by atoms with Gasteiger partial charge in [0.2, 0.25) is 5.91 Å². The minimum absolute atomic E-state index is 0.0653. The Morgan fingerprint density at radius 1 is 1.17 bits per heavy atom. The highest BCUT2D eigenvalue weighted by Crippen LogP contribution is 2.22. The van der Waals surface area contributed by atoms with Crippen LogP contribution in [0.4, 0.5) is 10.1 Å². The Labute approximate surface area is 143 Å². The van der Waals surface area contributed by atoms with Gasteiger partial charge in [0.05, 0.1) is 31.9 Å². The lowest BCUT2D eigenvalue weighted by Crippen LogP contribution is -2.17. The lowest BCUT2D eigenvalue weighted by molar-refractivity contribution is -0.115. The quantitative estimate of drug-likeness (QED) is 0.838. The number of carbonyl (C=O) groups is 2. The van der Waals surface area contributed by atoms with Gasteiger partial charge in [-0.05, 0) is 35.9 Å². The van der Waals surface area contributed by atoms with E-state index in [1.165, 1.54) is 44.6 Å². The third-order valence-electron chi connectivity index (χ3n) is 3.24. The Kier molecular flexibility index (Phi) is 5.76. The molecule has 0 aliphatic rings. The molecular weight excluding hydrogens is 337 g/mol. The normalized spacial score (nSPS) is 10.2. The molecule has 126 valence electrons. The first-order valence-electron chi connectivity index (χ1n) is 6.94. The van der Waals surface area contributed by atoms with E-state index < -0.39 is 17.7 Å². The lowest BCUT2D eigenvalue weighted by Gasteiger charge is -2.11.